The third kappa shape index (κ3) is 4.69. The van der Waals surface area contributed by atoms with E-state index in [1.54, 1.807) is 31.2 Å². The summed E-state index contributed by atoms with van der Waals surface area (Å²) in [6.45, 7) is 1.86. The first-order valence-corrected chi connectivity index (χ1v) is 9.62. The van der Waals surface area contributed by atoms with Gasteiger partial charge in [0.1, 0.15) is 6.04 Å². The van der Waals surface area contributed by atoms with Gasteiger partial charge in [-0.25, -0.2) is 14.5 Å². The molecule has 2 aromatic rings. The fraction of sp³-hybridized carbons (Fsp3) is 0.136. The number of imide groups is 1. The molecule has 0 saturated carbocycles. The lowest BCUT2D eigenvalue weighted by Gasteiger charge is -2.35. The minimum atomic E-state index is -0.993. The highest BCUT2D eigenvalue weighted by molar-refractivity contribution is 6.30. The summed E-state index contributed by atoms with van der Waals surface area (Å²) in [6.07, 6.45) is 3.69. The summed E-state index contributed by atoms with van der Waals surface area (Å²) in [5, 5.41) is 5.73. The van der Waals surface area contributed by atoms with Crippen molar-refractivity contribution in [2.24, 2.45) is 5.73 Å². The van der Waals surface area contributed by atoms with Crippen molar-refractivity contribution in [3.8, 4) is 0 Å². The van der Waals surface area contributed by atoms with Crippen molar-refractivity contribution in [1.29, 1.82) is 0 Å². The molecule has 0 spiro atoms. The molecule has 3 rings (SSSR count). The van der Waals surface area contributed by atoms with E-state index in [1.807, 2.05) is 42.5 Å². The van der Waals surface area contributed by atoms with Crippen LogP contribution in [0.2, 0.25) is 5.02 Å². The number of urea groups is 2. The molecule has 7 nitrogen and oxygen atoms in total. The molecular formula is C22H21ClN4O3. The Bertz CT molecular complexity index is 1030. The minimum absolute atomic E-state index is 0.212. The van der Waals surface area contributed by atoms with Gasteiger partial charge in [-0.2, -0.15) is 0 Å². The Balaban J connectivity index is 1.87. The number of hydrogen-bond acceptors (Lipinski definition) is 3. The Labute approximate surface area is 179 Å². The van der Waals surface area contributed by atoms with Gasteiger partial charge in [-0.3, -0.25) is 4.79 Å². The first-order valence-electron chi connectivity index (χ1n) is 9.24. The van der Waals surface area contributed by atoms with Crippen molar-refractivity contribution >= 4 is 35.6 Å². The SMILES string of the molecule is CC1=C(C(=O)NC/C=C/c2ccccc2)C(c2cccc(Cl)c2)N(C(N)=O)C(=O)N1. The molecule has 8 heteroatoms. The van der Waals surface area contributed by atoms with Gasteiger partial charge in [0.15, 0.2) is 0 Å². The number of rotatable bonds is 5. The number of nitrogens with two attached hydrogens (primary N) is 1. The Kier molecular flexibility index (Phi) is 6.54. The Morgan fingerprint density at radius 2 is 1.93 bits per heavy atom. The van der Waals surface area contributed by atoms with Crippen LogP contribution in [0, 0.1) is 0 Å². The van der Waals surface area contributed by atoms with Gasteiger partial charge in [0.25, 0.3) is 5.91 Å². The monoisotopic (exact) mass is 424 g/mol. The lowest BCUT2D eigenvalue weighted by atomic mass is 9.93. The van der Waals surface area contributed by atoms with Gasteiger partial charge in [0.05, 0.1) is 5.57 Å². The van der Waals surface area contributed by atoms with Crippen LogP contribution in [0.3, 0.4) is 0 Å². The average Bonchev–Trinajstić information content (AvgIpc) is 2.71. The van der Waals surface area contributed by atoms with Gasteiger partial charge in [0, 0.05) is 17.3 Å². The van der Waals surface area contributed by atoms with Crippen LogP contribution in [0.15, 0.2) is 71.9 Å². The van der Waals surface area contributed by atoms with Crippen LogP contribution in [0.5, 0.6) is 0 Å². The van der Waals surface area contributed by atoms with Crippen molar-refractivity contribution in [1.82, 2.24) is 15.5 Å². The number of primary amides is 1. The van der Waals surface area contributed by atoms with Crippen molar-refractivity contribution in [3.05, 3.63) is 88.1 Å². The zero-order chi connectivity index (χ0) is 21.7. The molecule has 0 radical (unpaired) electrons. The summed E-state index contributed by atoms with van der Waals surface area (Å²) in [6, 6.07) is 13.6. The first-order chi connectivity index (χ1) is 14.4. The van der Waals surface area contributed by atoms with Crippen molar-refractivity contribution < 1.29 is 14.4 Å². The second kappa shape index (κ2) is 9.28. The first kappa shape index (κ1) is 21.1. The summed E-state index contributed by atoms with van der Waals surface area (Å²) in [4.78, 5) is 38.2. The molecule has 1 atom stereocenters. The predicted octanol–water partition coefficient (Wildman–Crippen LogP) is 3.59. The van der Waals surface area contributed by atoms with Crippen molar-refractivity contribution in [2.45, 2.75) is 13.0 Å². The predicted molar refractivity (Wildman–Crippen MR) is 115 cm³/mol. The van der Waals surface area contributed by atoms with Crippen LogP contribution in [0.25, 0.3) is 6.08 Å². The van der Waals surface area contributed by atoms with Gasteiger partial charge in [-0.1, -0.05) is 66.2 Å². The maximum absolute atomic E-state index is 13.0. The highest BCUT2D eigenvalue weighted by Gasteiger charge is 2.40. The van der Waals surface area contributed by atoms with E-state index in [1.165, 1.54) is 0 Å². The smallest absolute Gasteiger partial charge is 0.330 e. The molecule has 30 heavy (non-hydrogen) atoms. The van der Waals surface area contributed by atoms with Crippen molar-refractivity contribution in [2.75, 3.05) is 6.54 Å². The second-order valence-corrected chi connectivity index (χ2v) is 7.09. The summed E-state index contributed by atoms with van der Waals surface area (Å²) in [7, 11) is 0. The van der Waals surface area contributed by atoms with E-state index in [2.05, 4.69) is 10.6 Å². The average molecular weight is 425 g/mol. The highest BCUT2D eigenvalue weighted by atomic mass is 35.5. The molecule has 1 aliphatic rings. The normalized spacial score (nSPS) is 16.5. The van der Waals surface area contributed by atoms with Crippen LogP contribution in [0.4, 0.5) is 9.59 Å². The zero-order valence-corrected chi connectivity index (χ0v) is 17.0. The van der Waals surface area contributed by atoms with Gasteiger partial charge < -0.3 is 16.4 Å². The number of allylic oxidation sites excluding steroid dienone is 1. The third-order valence-corrected chi connectivity index (χ3v) is 4.82. The largest absolute Gasteiger partial charge is 0.351 e. The standard InChI is InChI=1S/C22H21ClN4O3/c1-14-18(20(28)25-12-6-9-15-7-3-2-4-8-15)19(16-10-5-11-17(23)13-16)27(21(24)29)22(30)26-14/h2-11,13,19H,12H2,1H3,(H2,24,29)(H,25,28)(H,26,30)/b9-6+. The number of nitrogens with zero attached hydrogens (tertiary/aromatic N) is 1. The van der Waals surface area contributed by atoms with Gasteiger partial charge >= 0.3 is 12.1 Å². The Hall–Kier alpha value is -3.58. The highest BCUT2D eigenvalue weighted by Crippen LogP contribution is 2.34. The van der Waals surface area contributed by atoms with Gasteiger partial charge in [-0.15, -0.1) is 0 Å². The van der Waals surface area contributed by atoms with E-state index >= 15 is 0 Å². The Morgan fingerprint density at radius 1 is 1.20 bits per heavy atom. The quantitative estimate of drug-likeness (QED) is 0.683. The molecule has 5 amide bonds. The van der Waals surface area contributed by atoms with Crippen molar-refractivity contribution in [3.63, 3.8) is 0 Å². The fourth-order valence-corrected chi connectivity index (χ4v) is 3.46. The van der Waals surface area contributed by atoms with Gasteiger partial charge in [0.2, 0.25) is 0 Å². The summed E-state index contributed by atoms with van der Waals surface area (Å²) >= 11 is 6.09. The van der Waals surface area contributed by atoms with Crippen LogP contribution >= 0.6 is 11.6 Å². The third-order valence-electron chi connectivity index (χ3n) is 4.59. The number of hydrogen-bond donors (Lipinski definition) is 3. The number of carbonyl (C=O) groups excluding carboxylic acids is 3. The lowest BCUT2D eigenvalue weighted by molar-refractivity contribution is -0.117. The molecule has 154 valence electrons. The molecule has 4 N–H and O–H groups in total. The molecule has 1 aliphatic heterocycles. The number of carbonyl (C=O) groups is 3. The second-order valence-electron chi connectivity index (χ2n) is 6.66. The van der Waals surface area contributed by atoms with E-state index in [9.17, 15) is 14.4 Å². The fourth-order valence-electron chi connectivity index (χ4n) is 3.26. The molecule has 0 aromatic heterocycles. The number of nitrogens with one attached hydrogen (secondary N) is 2. The van der Waals surface area contributed by atoms with Crippen LogP contribution in [0.1, 0.15) is 24.1 Å². The number of benzene rings is 2. The number of amides is 5. The summed E-state index contributed by atoms with van der Waals surface area (Å²) in [5.74, 6) is -0.429. The van der Waals surface area contributed by atoms with E-state index in [0.717, 1.165) is 10.5 Å². The van der Waals surface area contributed by atoms with E-state index in [4.69, 9.17) is 17.3 Å². The Morgan fingerprint density at radius 3 is 2.60 bits per heavy atom. The minimum Gasteiger partial charge on any atom is -0.351 e. The topological polar surface area (TPSA) is 105 Å². The maximum atomic E-state index is 13.0. The molecule has 1 heterocycles. The number of halogens is 1. The lowest BCUT2D eigenvalue weighted by Crippen LogP contribution is -2.53. The van der Waals surface area contributed by atoms with E-state index < -0.39 is 24.0 Å². The van der Waals surface area contributed by atoms with Crippen LogP contribution in [-0.4, -0.2) is 29.4 Å². The van der Waals surface area contributed by atoms with Crippen LogP contribution in [-0.2, 0) is 4.79 Å². The summed E-state index contributed by atoms with van der Waals surface area (Å²) in [5.41, 5.74) is 7.50. The zero-order valence-electron chi connectivity index (χ0n) is 16.3. The van der Waals surface area contributed by atoms with Crippen LogP contribution < -0.4 is 16.4 Å². The molecule has 0 saturated heterocycles. The molecular weight excluding hydrogens is 404 g/mol. The molecule has 0 fully saturated rings. The molecule has 2 aromatic carbocycles. The summed E-state index contributed by atoms with van der Waals surface area (Å²) < 4.78 is 0. The molecule has 1 unspecified atom stereocenters. The molecule has 0 aliphatic carbocycles. The maximum Gasteiger partial charge on any atom is 0.330 e. The van der Waals surface area contributed by atoms with Gasteiger partial charge in [-0.05, 0) is 30.2 Å². The van der Waals surface area contributed by atoms with E-state index in [0.29, 0.717) is 16.3 Å². The molecule has 0 bridgehead atoms. The van der Waals surface area contributed by atoms with E-state index in [-0.39, 0.29) is 12.1 Å².